The average molecular weight is 505 g/mol. The zero-order chi connectivity index (χ0) is 25.5. The van der Waals surface area contributed by atoms with Gasteiger partial charge < -0.3 is 37.9 Å². The molecule has 3 rings (SSSR count). The Labute approximate surface area is 214 Å². The summed E-state index contributed by atoms with van der Waals surface area (Å²) in [6, 6.07) is 15.2. The van der Waals surface area contributed by atoms with Crippen LogP contribution in [0.25, 0.3) is 0 Å². The molecule has 2 aromatic rings. The van der Waals surface area contributed by atoms with E-state index in [1.807, 2.05) is 48.5 Å². The van der Waals surface area contributed by atoms with Gasteiger partial charge in [0, 0.05) is 0 Å². The molecule has 1 aliphatic rings. The zero-order valence-electron chi connectivity index (χ0n) is 21.7. The van der Waals surface area contributed by atoms with Gasteiger partial charge in [0.1, 0.15) is 26.4 Å². The van der Waals surface area contributed by atoms with E-state index < -0.39 is 0 Å². The minimum absolute atomic E-state index is 0.0879. The van der Waals surface area contributed by atoms with E-state index in [9.17, 15) is 0 Å². The number of rotatable bonds is 0. The predicted molar refractivity (Wildman–Crippen MR) is 137 cm³/mol. The maximum absolute atomic E-state index is 6.13. The Hall–Kier alpha value is -2.52. The molecule has 0 radical (unpaired) electrons. The Kier molecular flexibility index (Phi) is 12.1. The molecule has 0 N–H and O–H groups in total. The van der Waals surface area contributed by atoms with Gasteiger partial charge in [-0.25, -0.2) is 0 Å². The van der Waals surface area contributed by atoms with E-state index in [1.165, 1.54) is 0 Å². The van der Waals surface area contributed by atoms with E-state index in [0.29, 0.717) is 95.7 Å². The van der Waals surface area contributed by atoms with Gasteiger partial charge in [-0.15, -0.1) is 0 Å². The predicted octanol–water partition coefficient (Wildman–Crippen LogP) is 4.40. The SMILES string of the molecule is CC(C)(C)C1COCCOc2ccccc2OCCOCCOCCOc2ccccc2OCCO1. The summed E-state index contributed by atoms with van der Waals surface area (Å²) >= 11 is 0. The van der Waals surface area contributed by atoms with E-state index in [-0.39, 0.29) is 11.5 Å². The molecule has 0 saturated carbocycles. The monoisotopic (exact) mass is 504 g/mol. The largest absolute Gasteiger partial charge is 0.487 e. The topological polar surface area (TPSA) is 73.8 Å². The molecule has 1 unspecified atom stereocenters. The molecule has 0 aliphatic carbocycles. The molecule has 1 atom stereocenters. The molecule has 8 heteroatoms. The van der Waals surface area contributed by atoms with Crippen LogP contribution in [0.4, 0.5) is 0 Å². The van der Waals surface area contributed by atoms with Crippen LogP contribution in [0, 0.1) is 5.41 Å². The van der Waals surface area contributed by atoms with E-state index in [2.05, 4.69) is 20.8 Å². The molecule has 0 amide bonds. The standard InChI is InChI=1S/C28H40O8/c1-28(2,3)27-22-31-16-19-34-24-9-5-4-8-23(24)32-17-14-29-12-13-30-15-18-33-25-10-6-7-11-26(25)35-20-21-36-27/h4-11,27H,12-22H2,1-3H3. The first-order valence-electron chi connectivity index (χ1n) is 12.6. The van der Waals surface area contributed by atoms with Crippen LogP contribution in [0.15, 0.2) is 48.5 Å². The van der Waals surface area contributed by atoms with Crippen LogP contribution >= 0.6 is 0 Å². The highest BCUT2D eigenvalue weighted by atomic mass is 16.6. The van der Waals surface area contributed by atoms with Crippen molar-refractivity contribution >= 4 is 0 Å². The lowest BCUT2D eigenvalue weighted by atomic mass is 9.89. The van der Waals surface area contributed by atoms with Crippen LogP contribution in [0.1, 0.15) is 20.8 Å². The second-order valence-corrected chi connectivity index (χ2v) is 9.31. The van der Waals surface area contributed by atoms with Crippen LogP contribution in [0.5, 0.6) is 23.0 Å². The summed E-state index contributed by atoms with van der Waals surface area (Å²) in [5.74, 6) is 2.72. The number of hydrogen-bond acceptors (Lipinski definition) is 8. The molecule has 36 heavy (non-hydrogen) atoms. The maximum atomic E-state index is 6.13. The molecule has 0 bridgehead atoms. The summed E-state index contributed by atoms with van der Waals surface area (Å²) in [6.45, 7) is 11.3. The second kappa shape index (κ2) is 15.6. The third-order valence-corrected chi connectivity index (χ3v) is 5.42. The highest BCUT2D eigenvalue weighted by Gasteiger charge is 2.25. The molecule has 0 aromatic heterocycles. The summed E-state index contributed by atoms with van der Waals surface area (Å²) in [5, 5.41) is 0. The van der Waals surface area contributed by atoms with Crippen molar-refractivity contribution < 1.29 is 37.9 Å². The van der Waals surface area contributed by atoms with Crippen LogP contribution in [-0.4, -0.2) is 78.8 Å². The van der Waals surface area contributed by atoms with Gasteiger partial charge in [0.2, 0.25) is 0 Å². The minimum Gasteiger partial charge on any atom is -0.487 e. The van der Waals surface area contributed by atoms with Gasteiger partial charge in [0.15, 0.2) is 23.0 Å². The fourth-order valence-corrected chi connectivity index (χ4v) is 3.41. The smallest absolute Gasteiger partial charge is 0.161 e. The lowest BCUT2D eigenvalue weighted by molar-refractivity contribution is -0.0778. The second-order valence-electron chi connectivity index (χ2n) is 9.31. The number of para-hydroxylation sites is 4. The van der Waals surface area contributed by atoms with E-state index in [1.54, 1.807) is 0 Å². The molecule has 200 valence electrons. The van der Waals surface area contributed by atoms with Crippen molar-refractivity contribution in [2.45, 2.75) is 26.9 Å². The highest BCUT2D eigenvalue weighted by Crippen LogP contribution is 2.28. The Morgan fingerprint density at radius 3 is 1.28 bits per heavy atom. The van der Waals surface area contributed by atoms with Gasteiger partial charge in [-0.05, 0) is 29.7 Å². The summed E-state index contributed by atoms with van der Waals surface area (Å²) in [7, 11) is 0. The van der Waals surface area contributed by atoms with Crippen molar-refractivity contribution in [1.29, 1.82) is 0 Å². The molecule has 0 saturated heterocycles. The molecule has 1 heterocycles. The molecular weight excluding hydrogens is 464 g/mol. The van der Waals surface area contributed by atoms with Crippen molar-refractivity contribution in [1.82, 2.24) is 0 Å². The first-order chi connectivity index (χ1) is 17.5. The Bertz CT molecular complexity index is 867. The van der Waals surface area contributed by atoms with Gasteiger partial charge in [-0.1, -0.05) is 45.0 Å². The minimum atomic E-state index is -0.0918. The molecule has 2 aromatic carbocycles. The van der Waals surface area contributed by atoms with Crippen molar-refractivity contribution in [2.24, 2.45) is 5.41 Å². The summed E-state index contributed by atoms with van der Waals surface area (Å²) in [5.41, 5.74) is -0.0879. The fourth-order valence-electron chi connectivity index (χ4n) is 3.41. The molecular formula is C28H40O8. The lowest BCUT2D eigenvalue weighted by Gasteiger charge is -2.30. The molecule has 0 fully saturated rings. The number of hydrogen-bond donors (Lipinski definition) is 0. The van der Waals surface area contributed by atoms with Crippen LogP contribution in [0.2, 0.25) is 0 Å². The van der Waals surface area contributed by atoms with Gasteiger partial charge in [-0.3, -0.25) is 0 Å². The summed E-state index contributed by atoms with van der Waals surface area (Å²) in [4.78, 5) is 0. The van der Waals surface area contributed by atoms with Crippen molar-refractivity contribution in [3.63, 3.8) is 0 Å². The molecule has 0 spiro atoms. The van der Waals surface area contributed by atoms with Gasteiger partial charge in [-0.2, -0.15) is 0 Å². The number of ether oxygens (including phenoxy) is 8. The normalized spacial score (nSPS) is 20.1. The number of fused-ring (bicyclic) bond motifs is 2. The first-order valence-corrected chi connectivity index (χ1v) is 12.6. The Morgan fingerprint density at radius 1 is 0.500 bits per heavy atom. The zero-order valence-corrected chi connectivity index (χ0v) is 21.7. The van der Waals surface area contributed by atoms with Crippen molar-refractivity contribution in [3.8, 4) is 23.0 Å². The Balaban J connectivity index is 1.56. The first kappa shape index (κ1) is 28.1. The summed E-state index contributed by atoms with van der Waals surface area (Å²) < 4.78 is 46.8. The third kappa shape index (κ3) is 10.2. The van der Waals surface area contributed by atoms with Crippen molar-refractivity contribution in [2.75, 3.05) is 72.7 Å². The Morgan fingerprint density at radius 2 is 0.861 bits per heavy atom. The number of benzene rings is 2. The third-order valence-electron chi connectivity index (χ3n) is 5.42. The van der Waals surface area contributed by atoms with E-state index in [0.717, 1.165) is 0 Å². The highest BCUT2D eigenvalue weighted by molar-refractivity contribution is 5.40. The fraction of sp³-hybridized carbons (Fsp3) is 0.571. The lowest BCUT2D eigenvalue weighted by Crippen LogP contribution is -2.35. The molecule has 8 nitrogen and oxygen atoms in total. The van der Waals surface area contributed by atoms with Crippen LogP contribution < -0.4 is 18.9 Å². The van der Waals surface area contributed by atoms with E-state index >= 15 is 0 Å². The maximum Gasteiger partial charge on any atom is 0.161 e. The summed E-state index contributed by atoms with van der Waals surface area (Å²) in [6.07, 6.45) is -0.0918. The van der Waals surface area contributed by atoms with E-state index in [4.69, 9.17) is 37.9 Å². The van der Waals surface area contributed by atoms with Gasteiger partial charge in [0.25, 0.3) is 0 Å². The van der Waals surface area contributed by atoms with Gasteiger partial charge >= 0.3 is 0 Å². The quantitative estimate of drug-likeness (QED) is 0.523. The van der Waals surface area contributed by atoms with Gasteiger partial charge in [0.05, 0.1) is 52.4 Å². The molecule has 1 aliphatic heterocycles. The van der Waals surface area contributed by atoms with Crippen LogP contribution in [0.3, 0.4) is 0 Å². The van der Waals surface area contributed by atoms with Crippen molar-refractivity contribution in [3.05, 3.63) is 48.5 Å². The van der Waals surface area contributed by atoms with Crippen LogP contribution in [-0.2, 0) is 18.9 Å². The average Bonchev–Trinajstić information content (AvgIpc) is 2.86.